The fraction of sp³-hybridized carbons (Fsp3) is 0. The Balaban J connectivity index is 2.33. The van der Waals surface area contributed by atoms with Gasteiger partial charge in [0.05, 0.1) is 17.6 Å². The third kappa shape index (κ3) is 1.60. The summed E-state index contributed by atoms with van der Waals surface area (Å²) in [6, 6.07) is 8.53. The normalized spacial score (nSPS) is 10.7. The summed E-state index contributed by atoms with van der Waals surface area (Å²) in [5, 5.41) is 13.2. The minimum absolute atomic E-state index is 0.0244. The smallest absolute Gasteiger partial charge is 0.354 e. The summed E-state index contributed by atoms with van der Waals surface area (Å²) in [5.74, 6) is -1.07. The van der Waals surface area contributed by atoms with E-state index in [4.69, 9.17) is 5.11 Å². The van der Waals surface area contributed by atoms with Gasteiger partial charge in [-0.15, -0.1) is 0 Å². The van der Waals surface area contributed by atoms with Crippen LogP contribution < -0.4 is 0 Å². The maximum atomic E-state index is 11.0. The van der Waals surface area contributed by atoms with Crippen LogP contribution in [0, 0.1) is 0 Å². The third-order valence-corrected chi connectivity index (χ3v) is 2.51. The second-order valence-electron chi connectivity index (χ2n) is 3.65. The van der Waals surface area contributed by atoms with Crippen LogP contribution in [0.4, 0.5) is 0 Å². The quantitative estimate of drug-likeness (QED) is 0.734. The molecule has 3 rings (SSSR count). The van der Waals surface area contributed by atoms with E-state index < -0.39 is 5.97 Å². The summed E-state index contributed by atoms with van der Waals surface area (Å²) < 4.78 is 1.56. The number of aromatic nitrogens is 4. The summed E-state index contributed by atoms with van der Waals surface area (Å²) in [6.45, 7) is 0. The molecule has 18 heavy (non-hydrogen) atoms. The van der Waals surface area contributed by atoms with E-state index in [1.807, 2.05) is 6.07 Å². The first kappa shape index (κ1) is 10.4. The van der Waals surface area contributed by atoms with Crippen LogP contribution in [0.25, 0.3) is 17.0 Å². The molecule has 0 saturated heterocycles. The van der Waals surface area contributed by atoms with Crippen molar-refractivity contribution in [2.45, 2.75) is 0 Å². The first-order chi connectivity index (χ1) is 8.75. The number of hydrogen-bond acceptors (Lipinski definition) is 4. The topological polar surface area (TPSA) is 80.4 Å². The van der Waals surface area contributed by atoms with E-state index in [9.17, 15) is 4.79 Å². The molecule has 0 aromatic carbocycles. The predicted octanol–water partition coefficient (Wildman–Crippen LogP) is 1.49. The highest BCUT2D eigenvalue weighted by molar-refractivity contribution is 5.87. The van der Waals surface area contributed by atoms with Crippen molar-refractivity contribution in [3.8, 4) is 11.4 Å². The van der Waals surface area contributed by atoms with Gasteiger partial charge in [0.15, 0.2) is 11.3 Å². The molecule has 6 heteroatoms. The van der Waals surface area contributed by atoms with E-state index in [2.05, 4.69) is 15.1 Å². The molecular formula is C12H8N4O2. The lowest BCUT2D eigenvalue weighted by Gasteiger charge is -2.05. The van der Waals surface area contributed by atoms with Crippen LogP contribution in [-0.2, 0) is 0 Å². The third-order valence-electron chi connectivity index (χ3n) is 2.51. The molecule has 6 nitrogen and oxygen atoms in total. The Morgan fingerprint density at radius 3 is 2.83 bits per heavy atom. The molecule has 3 heterocycles. The Kier molecular flexibility index (Phi) is 2.26. The zero-order chi connectivity index (χ0) is 12.5. The van der Waals surface area contributed by atoms with E-state index in [-0.39, 0.29) is 5.69 Å². The molecule has 1 N–H and O–H groups in total. The van der Waals surface area contributed by atoms with Crippen molar-refractivity contribution in [3.63, 3.8) is 0 Å². The SMILES string of the molecule is O=C(O)c1cc(-c2ccccn2)n2nccc2n1. The van der Waals surface area contributed by atoms with Gasteiger partial charge in [0.25, 0.3) is 0 Å². The second kappa shape index (κ2) is 3.92. The van der Waals surface area contributed by atoms with Crippen LogP contribution in [0.3, 0.4) is 0 Å². The molecule has 0 aliphatic heterocycles. The summed E-state index contributed by atoms with van der Waals surface area (Å²) >= 11 is 0. The van der Waals surface area contributed by atoms with Gasteiger partial charge in [0, 0.05) is 12.3 Å². The zero-order valence-electron chi connectivity index (χ0n) is 9.19. The van der Waals surface area contributed by atoms with Gasteiger partial charge in [-0.05, 0) is 18.2 Å². The molecule has 0 saturated carbocycles. The van der Waals surface area contributed by atoms with Crippen LogP contribution in [0.5, 0.6) is 0 Å². The van der Waals surface area contributed by atoms with Gasteiger partial charge in [0.2, 0.25) is 0 Å². The van der Waals surface area contributed by atoms with Crippen molar-refractivity contribution < 1.29 is 9.90 Å². The van der Waals surface area contributed by atoms with Gasteiger partial charge >= 0.3 is 5.97 Å². The summed E-state index contributed by atoms with van der Waals surface area (Å²) in [6.07, 6.45) is 3.21. The van der Waals surface area contributed by atoms with Crippen LogP contribution in [0.2, 0.25) is 0 Å². The van der Waals surface area contributed by atoms with Gasteiger partial charge in [-0.2, -0.15) is 5.10 Å². The van der Waals surface area contributed by atoms with Gasteiger partial charge in [-0.3, -0.25) is 4.98 Å². The number of hydrogen-bond donors (Lipinski definition) is 1. The van der Waals surface area contributed by atoms with Crippen molar-refractivity contribution in [3.05, 3.63) is 48.4 Å². The summed E-state index contributed by atoms with van der Waals surface area (Å²) in [5.41, 5.74) is 1.71. The number of carboxylic acid groups (broad SMARTS) is 1. The van der Waals surface area contributed by atoms with Crippen LogP contribution in [0.1, 0.15) is 10.5 Å². The van der Waals surface area contributed by atoms with Gasteiger partial charge < -0.3 is 5.11 Å². The molecule has 0 atom stereocenters. The van der Waals surface area contributed by atoms with Crippen LogP contribution >= 0.6 is 0 Å². The number of carbonyl (C=O) groups is 1. The Labute approximate surface area is 102 Å². The largest absolute Gasteiger partial charge is 0.477 e. The lowest BCUT2D eigenvalue weighted by atomic mass is 10.2. The molecule has 0 spiro atoms. The Hall–Kier alpha value is -2.76. The van der Waals surface area contributed by atoms with Gasteiger partial charge in [-0.25, -0.2) is 14.3 Å². The van der Waals surface area contributed by atoms with Crippen molar-refractivity contribution in [2.75, 3.05) is 0 Å². The standard InChI is InChI=1S/C12H8N4O2/c17-12(18)9-7-10(8-3-1-2-5-13-8)16-11(15-9)4-6-14-16/h1-7H,(H,17,18). The highest BCUT2D eigenvalue weighted by Gasteiger charge is 2.13. The van der Waals surface area contributed by atoms with Crippen molar-refractivity contribution in [1.82, 2.24) is 19.6 Å². The predicted molar refractivity (Wildman–Crippen MR) is 63.2 cm³/mol. The lowest BCUT2D eigenvalue weighted by Crippen LogP contribution is -2.05. The Bertz CT molecular complexity index is 721. The molecule has 3 aromatic heterocycles. The molecule has 0 fully saturated rings. The molecule has 0 radical (unpaired) electrons. The van der Waals surface area contributed by atoms with Crippen molar-refractivity contribution >= 4 is 11.6 Å². The number of rotatable bonds is 2. The number of fused-ring (bicyclic) bond motifs is 1. The average Bonchev–Trinajstić information content (AvgIpc) is 2.86. The number of nitrogens with zero attached hydrogens (tertiary/aromatic N) is 4. The van der Waals surface area contributed by atoms with Crippen molar-refractivity contribution in [2.24, 2.45) is 0 Å². The Morgan fingerprint density at radius 2 is 2.11 bits per heavy atom. The molecule has 88 valence electrons. The number of aromatic carboxylic acids is 1. The van der Waals surface area contributed by atoms with Crippen molar-refractivity contribution in [1.29, 1.82) is 0 Å². The minimum Gasteiger partial charge on any atom is -0.477 e. The molecule has 3 aromatic rings. The molecule has 0 amide bonds. The number of carboxylic acids is 1. The highest BCUT2D eigenvalue weighted by atomic mass is 16.4. The molecule has 0 unspecified atom stereocenters. The van der Waals surface area contributed by atoms with E-state index in [0.717, 1.165) is 0 Å². The second-order valence-corrected chi connectivity index (χ2v) is 3.65. The van der Waals surface area contributed by atoms with E-state index >= 15 is 0 Å². The first-order valence-electron chi connectivity index (χ1n) is 5.25. The monoisotopic (exact) mass is 240 g/mol. The minimum atomic E-state index is -1.07. The average molecular weight is 240 g/mol. The van der Waals surface area contributed by atoms with Gasteiger partial charge in [0.1, 0.15) is 0 Å². The fourth-order valence-corrected chi connectivity index (χ4v) is 1.72. The Morgan fingerprint density at radius 1 is 1.22 bits per heavy atom. The summed E-state index contributed by atoms with van der Waals surface area (Å²) in [4.78, 5) is 19.2. The van der Waals surface area contributed by atoms with E-state index in [0.29, 0.717) is 17.0 Å². The first-order valence-corrected chi connectivity index (χ1v) is 5.25. The molecule has 0 bridgehead atoms. The molecule has 0 aliphatic rings. The van der Waals surface area contributed by atoms with Crippen LogP contribution in [-0.4, -0.2) is 30.7 Å². The molecule has 0 aliphatic carbocycles. The van der Waals surface area contributed by atoms with E-state index in [1.165, 1.54) is 6.07 Å². The maximum Gasteiger partial charge on any atom is 0.354 e. The fourth-order valence-electron chi connectivity index (χ4n) is 1.72. The van der Waals surface area contributed by atoms with E-state index in [1.54, 1.807) is 35.1 Å². The molecular weight excluding hydrogens is 232 g/mol. The summed E-state index contributed by atoms with van der Waals surface area (Å²) in [7, 11) is 0. The van der Waals surface area contributed by atoms with Gasteiger partial charge in [-0.1, -0.05) is 6.07 Å². The van der Waals surface area contributed by atoms with Crippen LogP contribution in [0.15, 0.2) is 42.7 Å². The highest BCUT2D eigenvalue weighted by Crippen LogP contribution is 2.18. The lowest BCUT2D eigenvalue weighted by molar-refractivity contribution is 0.0690. The number of pyridine rings is 1. The zero-order valence-corrected chi connectivity index (χ0v) is 9.19. The maximum absolute atomic E-state index is 11.0.